The third-order valence-corrected chi connectivity index (χ3v) is 3.46. The van der Waals surface area contributed by atoms with Crippen LogP contribution in [0.1, 0.15) is 12.5 Å². The highest BCUT2D eigenvalue weighted by Crippen LogP contribution is 2.30. The molecule has 0 unspecified atom stereocenters. The Balaban J connectivity index is 2.23. The van der Waals surface area contributed by atoms with Gasteiger partial charge in [-0.1, -0.05) is 53.7 Å². The number of rotatable bonds is 2. The molecule has 1 aromatic carbocycles. The van der Waals surface area contributed by atoms with E-state index in [4.69, 9.17) is 16.9 Å². The summed E-state index contributed by atoms with van der Waals surface area (Å²) in [6.45, 7) is 1.75. The minimum Gasteiger partial charge on any atom is -0.242 e. The molecule has 1 heterocycles. The average Bonchev–Trinajstić information content (AvgIpc) is 2.74. The van der Waals surface area contributed by atoms with E-state index in [1.54, 1.807) is 13.1 Å². The number of hydrogen-bond acceptors (Lipinski definition) is 4. The lowest BCUT2D eigenvalue weighted by Crippen LogP contribution is -1.95. The summed E-state index contributed by atoms with van der Waals surface area (Å²) >= 11 is 7.35. The predicted octanol–water partition coefficient (Wildman–Crippen LogP) is 3.72. The number of nitriles is 1. The lowest BCUT2D eigenvalue weighted by Gasteiger charge is -1.98. The van der Waals surface area contributed by atoms with Crippen LogP contribution < -0.4 is 0 Å². The molecule has 0 saturated heterocycles. The van der Waals surface area contributed by atoms with Gasteiger partial charge in [-0.2, -0.15) is 10.3 Å². The maximum Gasteiger partial charge on any atom is 0.206 e. The summed E-state index contributed by atoms with van der Waals surface area (Å²) < 4.78 is 0. The molecule has 2 rings (SSSR count). The van der Waals surface area contributed by atoms with E-state index >= 15 is 0 Å². The van der Waals surface area contributed by atoms with Crippen molar-refractivity contribution >= 4 is 33.5 Å². The zero-order valence-corrected chi connectivity index (χ0v) is 11.3. The first-order valence-electron chi connectivity index (χ1n) is 5.33. The van der Waals surface area contributed by atoms with E-state index in [0.717, 1.165) is 11.5 Å². The Kier molecular flexibility index (Phi) is 4.19. The van der Waals surface area contributed by atoms with E-state index in [-0.39, 0.29) is 0 Å². The molecule has 0 atom stereocenters. The third kappa shape index (κ3) is 3.00. The Labute approximate surface area is 115 Å². The summed E-state index contributed by atoms with van der Waals surface area (Å²) in [6, 6.07) is 10.0. The molecular weight excluding hydrogens is 266 g/mol. The maximum absolute atomic E-state index is 8.63. The molecule has 1 aliphatic heterocycles. The summed E-state index contributed by atoms with van der Waals surface area (Å²) in [5, 5.41) is 10.7. The van der Waals surface area contributed by atoms with Gasteiger partial charge >= 0.3 is 0 Å². The number of thioether (sulfide) groups is 1. The molecule has 18 heavy (non-hydrogen) atoms. The Morgan fingerprint density at radius 1 is 1.44 bits per heavy atom. The minimum atomic E-state index is 0.555. The molecular formula is C13H10ClN3S. The molecule has 0 fully saturated rings. The second-order valence-corrected chi connectivity index (χ2v) is 5.30. The molecule has 0 N–H and O–H groups in total. The standard InChI is InChI=1S/C13H10ClN3S/c1-9(14)12-13(16-8-15)18-11(17-12)7-10-5-3-2-4-6-10/h2-6H,7H2,1H3/b12-9-,16-13+. The van der Waals surface area contributed by atoms with Crippen LogP contribution >= 0.6 is 23.4 Å². The highest BCUT2D eigenvalue weighted by molar-refractivity contribution is 8.27. The van der Waals surface area contributed by atoms with Gasteiger partial charge in [-0.15, -0.1) is 0 Å². The quantitative estimate of drug-likeness (QED) is 0.772. The van der Waals surface area contributed by atoms with Crippen molar-refractivity contribution in [3.05, 3.63) is 46.6 Å². The molecule has 0 radical (unpaired) electrons. The Morgan fingerprint density at radius 3 is 2.78 bits per heavy atom. The molecule has 0 bridgehead atoms. The van der Waals surface area contributed by atoms with Crippen molar-refractivity contribution in [2.45, 2.75) is 13.3 Å². The summed E-state index contributed by atoms with van der Waals surface area (Å²) in [5.74, 6) is 0. The largest absolute Gasteiger partial charge is 0.242 e. The van der Waals surface area contributed by atoms with Crippen molar-refractivity contribution in [3.8, 4) is 6.19 Å². The smallest absolute Gasteiger partial charge is 0.206 e. The zero-order valence-electron chi connectivity index (χ0n) is 9.72. The molecule has 1 aromatic rings. The van der Waals surface area contributed by atoms with Crippen LogP contribution in [0.25, 0.3) is 0 Å². The van der Waals surface area contributed by atoms with Crippen LogP contribution in [0, 0.1) is 11.5 Å². The lowest BCUT2D eigenvalue weighted by atomic mass is 10.2. The number of nitrogens with zero attached hydrogens (tertiary/aromatic N) is 3. The monoisotopic (exact) mass is 275 g/mol. The Bertz CT molecular complexity index is 578. The SMILES string of the molecule is C/C(Cl)=C1/N=C(Cc2ccccc2)S/C1=N/C#N. The van der Waals surface area contributed by atoms with Gasteiger partial charge in [-0.3, -0.25) is 0 Å². The van der Waals surface area contributed by atoms with Crippen molar-refractivity contribution in [1.82, 2.24) is 0 Å². The molecule has 3 nitrogen and oxygen atoms in total. The Hall–Kier alpha value is -1.57. The summed E-state index contributed by atoms with van der Waals surface area (Å²) in [6.07, 6.45) is 2.51. The van der Waals surface area contributed by atoms with Gasteiger partial charge in [0.15, 0.2) is 0 Å². The summed E-state index contributed by atoms with van der Waals surface area (Å²) in [7, 11) is 0. The van der Waals surface area contributed by atoms with Crippen LogP contribution in [-0.4, -0.2) is 10.1 Å². The third-order valence-electron chi connectivity index (χ3n) is 2.33. The van der Waals surface area contributed by atoms with E-state index < -0.39 is 0 Å². The van der Waals surface area contributed by atoms with Gasteiger partial charge in [0, 0.05) is 11.5 Å². The second-order valence-electron chi connectivity index (χ2n) is 3.67. The van der Waals surface area contributed by atoms with Gasteiger partial charge in [0.1, 0.15) is 10.7 Å². The van der Waals surface area contributed by atoms with E-state index in [9.17, 15) is 0 Å². The lowest BCUT2D eigenvalue weighted by molar-refractivity contribution is 1.32. The van der Waals surface area contributed by atoms with Gasteiger partial charge in [0.25, 0.3) is 0 Å². The van der Waals surface area contributed by atoms with E-state index in [1.807, 2.05) is 30.3 Å². The fraction of sp³-hybridized carbons (Fsp3) is 0.154. The molecule has 5 heteroatoms. The topological polar surface area (TPSA) is 48.5 Å². The highest BCUT2D eigenvalue weighted by Gasteiger charge is 2.22. The van der Waals surface area contributed by atoms with Gasteiger partial charge in [-0.05, 0) is 12.5 Å². The fourth-order valence-electron chi connectivity index (χ4n) is 1.55. The van der Waals surface area contributed by atoms with E-state index in [2.05, 4.69) is 9.98 Å². The van der Waals surface area contributed by atoms with E-state index in [0.29, 0.717) is 15.8 Å². The average molecular weight is 276 g/mol. The van der Waals surface area contributed by atoms with Crippen molar-refractivity contribution in [2.24, 2.45) is 9.98 Å². The second kappa shape index (κ2) is 5.85. The van der Waals surface area contributed by atoms with Crippen LogP contribution in [0.4, 0.5) is 0 Å². The van der Waals surface area contributed by atoms with Gasteiger partial charge < -0.3 is 0 Å². The number of allylic oxidation sites excluding steroid dienone is 1. The van der Waals surface area contributed by atoms with Gasteiger partial charge in [-0.25, -0.2) is 4.99 Å². The first-order chi connectivity index (χ1) is 8.70. The molecule has 0 amide bonds. The fourth-order valence-corrected chi connectivity index (χ4v) is 2.72. The van der Waals surface area contributed by atoms with Crippen molar-refractivity contribution < 1.29 is 0 Å². The molecule has 0 spiro atoms. The van der Waals surface area contributed by atoms with Crippen LogP contribution in [0.3, 0.4) is 0 Å². The summed E-state index contributed by atoms with van der Waals surface area (Å²) in [4.78, 5) is 8.17. The van der Waals surface area contributed by atoms with Crippen LogP contribution in [0.15, 0.2) is 51.0 Å². The first-order valence-corrected chi connectivity index (χ1v) is 6.53. The maximum atomic E-state index is 8.63. The summed E-state index contributed by atoms with van der Waals surface area (Å²) in [5.41, 5.74) is 1.78. The van der Waals surface area contributed by atoms with Gasteiger partial charge in [0.2, 0.25) is 6.19 Å². The van der Waals surface area contributed by atoms with Crippen molar-refractivity contribution in [3.63, 3.8) is 0 Å². The Morgan fingerprint density at radius 2 is 2.17 bits per heavy atom. The molecule has 1 aliphatic rings. The van der Waals surface area contributed by atoms with Crippen LogP contribution in [-0.2, 0) is 6.42 Å². The highest BCUT2D eigenvalue weighted by atomic mass is 35.5. The van der Waals surface area contributed by atoms with Gasteiger partial charge in [0.05, 0.1) is 5.04 Å². The number of benzene rings is 1. The van der Waals surface area contributed by atoms with Crippen molar-refractivity contribution in [2.75, 3.05) is 0 Å². The number of halogens is 1. The zero-order chi connectivity index (χ0) is 13.0. The van der Waals surface area contributed by atoms with E-state index in [1.165, 1.54) is 17.3 Å². The minimum absolute atomic E-state index is 0.555. The first kappa shape index (κ1) is 12.9. The number of aliphatic imine (C=N–C) groups is 2. The number of hydrogen-bond donors (Lipinski definition) is 0. The normalized spacial score (nSPS) is 19.6. The predicted molar refractivity (Wildman–Crippen MR) is 76.8 cm³/mol. The molecule has 0 saturated carbocycles. The molecule has 90 valence electrons. The molecule has 0 aromatic heterocycles. The molecule has 0 aliphatic carbocycles. The van der Waals surface area contributed by atoms with Crippen LogP contribution in [0.5, 0.6) is 0 Å². The van der Waals surface area contributed by atoms with Crippen LogP contribution in [0.2, 0.25) is 0 Å². The van der Waals surface area contributed by atoms with Crippen molar-refractivity contribution in [1.29, 1.82) is 5.26 Å².